The summed E-state index contributed by atoms with van der Waals surface area (Å²) in [5, 5.41) is 5.39. The van der Waals surface area contributed by atoms with Gasteiger partial charge in [0.2, 0.25) is 5.91 Å². The van der Waals surface area contributed by atoms with Gasteiger partial charge in [-0.05, 0) is 54.1 Å². The smallest absolute Gasteiger partial charge is 0.328 e. The predicted molar refractivity (Wildman–Crippen MR) is 180 cm³/mol. The molecule has 0 heterocycles. The third kappa shape index (κ3) is 7.10. The average Bonchev–Trinajstić information content (AvgIpc) is 3.96. The number of nitrogens with one attached hydrogen (secondary N) is 1. The van der Waals surface area contributed by atoms with E-state index in [4.69, 9.17) is 9.47 Å². The number of carbonyl (C=O) groups is 3. The zero-order valence-corrected chi connectivity index (χ0v) is 25.7. The largest absolute Gasteiger partial charge is 0.492 e. The lowest BCUT2D eigenvalue weighted by atomic mass is 10.00. The average molecular weight is 613 g/mol. The highest BCUT2D eigenvalue weighted by molar-refractivity contribution is 6.12. The highest BCUT2D eigenvalue weighted by atomic mass is 16.5. The molecule has 0 aromatic heterocycles. The Hall–Kier alpha value is -5.43. The van der Waals surface area contributed by atoms with Crippen LogP contribution in [0, 0.1) is 5.92 Å². The minimum atomic E-state index is -0.718. The predicted octanol–water partition coefficient (Wildman–Crippen LogP) is 7.09. The first-order valence-corrected chi connectivity index (χ1v) is 15.6. The third-order valence-corrected chi connectivity index (χ3v) is 8.22. The number of rotatable bonds is 13. The molecule has 1 saturated carbocycles. The second-order valence-electron chi connectivity index (χ2n) is 11.4. The van der Waals surface area contributed by atoms with Crippen LogP contribution in [0.5, 0.6) is 5.75 Å². The van der Waals surface area contributed by atoms with E-state index in [-0.39, 0.29) is 17.6 Å². The number of ether oxygens (including phenoxy) is 2. The standard InChI is InChI=1S/C39H36N2O5/c1-45-39(44)35(40-34-16-8-7-15-33(34)37(42)29-11-3-2-4-12-29)26-27-18-22-31(23-19-27)46-25-24-41(38(43)30-20-21-30)36-17-9-13-28-10-5-6-14-32(28)36/h2-19,22-23,30,35,40H,20-21,24-26H2,1H3. The Morgan fingerprint density at radius 3 is 2.26 bits per heavy atom. The number of para-hydroxylation sites is 1. The molecule has 0 bridgehead atoms. The van der Waals surface area contributed by atoms with Crippen molar-refractivity contribution in [1.82, 2.24) is 0 Å². The first-order valence-electron chi connectivity index (χ1n) is 15.6. The van der Waals surface area contributed by atoms with E-state index in [9.17, 15) is 14.4 Å². The van der Waals surface area contributed by atoms with E-state index in [1.54, 1.807) is 30.3 Å². The van der Waals surface area contributed by atoms with Crippen molar-refractivity contribution in [2.75, 3.05) is 30.5 Å². The molecular weight excluding hydrogens is 576 g/mol. The first-order chi connectivity index (χ1) is 22.5. The molecule has 232 valence electrons. The molecule has 5 aromatic carbocycles. The van der Waals surface area contributed by atoms with Crippen LogP contribution < -0.4 is 15.0 Å². The fourth-order valence-corrected chi connectivity index (χ4v) is 5.63. The van der Waals surface area contributed by atoms with Gasteiger partial charge in [0.1, 0.15) is 18.4 Å². The number of esters is 1. The minimum absolute atomic E-state index is 0.0815. The van der Waals surface area contributed by atoms with Crippen molar-refractivity contribution in [1.29, 1.82) is 0 Å². The van der Waals surface area contributed by atoms with Gasteiger partial charge in [0.05, 0.1) is 19.3 Å². The topological polar surface area (TPSA) is 84.9 Å². The Labute approximate surface area is 268 Å². The Balaban J connectivity index is 1.12. The van der Waals surface area contributed by atoms with Crippen LogP contribution in [0.3, 0.4) is 0 Å². The molecule has 1 aliphatic rings. The van der Waals surface area contributed by atoms with E-state index in [2.05, 4.69) is 17.4 Å². The van der Waals surface area contributed by atoms with Crippen LogP contribution >= 0.6 is 0 Å². The van der Waals surface area contributed by atoms with Crippen LogP contribution in [0.15, 0.2) is 121 Å². The Morgan fingerprint density at radius 2 is 1.50 bits per heavy atom. The summed E-state index contributed by atoms with van der Waals surface area (Å²) in [7, 11) is 1.35. The summed E-state index contributed by atoms with van der Waals surface area (Å²) < 4.78 is 11.2. The molecule has 1 fully saturated rings. The molecule has 0 spiro atoms. The lowest BCUT2D eigenvalue weighted by Gasteiger charge is -2.24. The zero-order valence-electron chi connectivity index (χ0n) is 25.7. The summed E-state index contributed by atoms with van der Waals surface area (Å²) in [6, 6.07) is 37.2. The second kappa shape index (κ2) is 14.1. The normalized spacial score (nSPS) is 13.1. The maximum atomic E-state index is 13.3. The molecule has 1 amide bonds. The number of carbonyl (C=O) groups excluding carboxylic acids is 3. The van der Waals surface area contributed by atoms with Gasteiger partial charge in [-0.3, -0.25) is 9.59 Å². The first kappa shape index (κ1) is 30.6. The van der Waals surface area contributed by atoms with Crippen molar-refractivity contribution in [3.63, 3.8) is 0 Å². The molecule has 5 aromatic rings. The number of anilines is 2. The van der Waals surface area contributed by atoms with Crippen molar-refractivity contribution in [2.45, 2.75) is 25.3 Å². The van der Waals surface area contributed by atoms with E-state index in [1.165, 1.54) is 7.11 Å². The van der Waals surface area contributed by atoms with Crippen LogP contribution in [0.4, 0.5) is 11.4 Å². The number of fused-ring (bicyclic) bond motifs is 1. The van der Waals surface area contributed by atoms with Gasteiger partial charge in [-0.25, -0.2) is 4.79 Å². The number of nitrogens with zero attached hydrogens (tertiary/aromatic N) is 1. The Kier molecular flexibility index (Phi) is 9.39. The number of benzene rings is 5. The van der Waals surface area contributed by atoms with E-state index in [0.29, 0.717) is 42.1 Å². The third-order valence-electron chi connectivity index (χ3n) is 8.22. The molecule has 1 N–H and O–H groups in total. The maximum absolute atomic E-state index is 13.3. The van der Waals surface area contributed by atoms with Gasteiger partial charge in [-0.2, -0.15) is 0 Å². The molecule has 0 radical (unpaired) electrons. The quantitative estimate of drug-likeness (QED) is 0.113. The molecule has 0 saturated heterocycles. The lowest BCUT2D eigenvalue weighted by molar-refractivity contribution is -0.141. The van der Waals surface area contributed by atoms with Crippen molar-refractivity contribution in [3.8, 4) is 5.75 Å². The minimum Gasteiger partial charge on any atom is -0.492 e. The monoisotopic (exact) mass is 612 g/mol. The van der Waals surface area contributed by atoms with Gasteiger partial charge < -0.3 is 19.7 Å². The van der Waals surface area contributed by atoms with Crippen LogP contribution in [0.2, 0.25) is 0 Å². The summed E-state index contributed by atoms with van der Waals surface area (Å²) in [5.41, 5.74) is 3.40. The van der Waals surface area contributed by atoms with Crippen LogP contribution in [-0.4, -0.2) is 44.0 Å². The number of hydrogen-bond acceptors (Lipinski definition) is 6. The molecule has 7 nitrogen and oxygen atoms in total. The van der Waals surface area contributed by atoms with E-state index in [0.717, 1.165) is 34.9 Å². The van der Waals surface area contributed by atoms with Gasteiger partial charge in [-0.15, -0.1) is 0 Å². The summed E-state index contributed by atoms with van der Waals surface area (Å²) in [4.78, 5) is 41.2. The summed E-state index contributed by atoms with van der Waals surface area (Å²) >= 11 is 0. The highest BCUT2D eigenvalue weighted by Gasteiger charge is 2.34. The van der Waals surface area contributed by atoms with Crippen molar-refractivity contribution in [3.05, 3.63) is 138 Å². The van der Waals surface area contributed by atoms with Crippen LogP contribution in [0.25, 0.3) is 10.8 Å². The van der Waals surface area contributed by atoms with Crippen molar-refractivity contribution >= 4 is 39.8 Å². The van der Waals surface area contributed by atoms with Crippen molar-refractivity contribution in [2.24, 2.45) is 5.92 Å². The lowest BCUT2D eigenvalue weighted by Crippen LogP contribution is -2.36. The summed E-state index contributed by atoms with van der Waals surface area (Å²) in [6.07, 6.45) is 2.20. The molecule has 1 atom stereocenters. The van der Waals surface area contributed by atoms with E-state index in [1.807, 2.05) is 83.8 Å². The number of amides is 1. The van der Waals surface area contributed by atoms with Gasteiger partial charge in [0, 0.05) is 34.5 Å². The molecular formula is C39H36N2O5. The fraction of sp³-hybridized carbons (Fsp3) is 0.205. The maximum Gasteiger partial charge on any atom is 0.328 e. The SMILES string of the molecule is COC(=O)C(Cc1ccc(OCCN(C(=O)C2CC2)c2cccc3ccccc23)cc1)Nc1ccccc1C(=O)c1ccccc1. The van der Waals surface area contributed by atoms with Crippen LogP contribution in [0.1, 0.15) is 34.3 Å². The molecule has 6 rings (SSSR count). The van der Waals surface area contributed by atoms with Crippen molar-refractivity contribution < 1.29 is 23.9 Å². The number of ketones is 1. The number of methoxy groups -OCH3 is 1. The molecule has 1 unspecified atom stereocenters. The van der Waals surface area contributed by atoms with Gasteiger partial charge in [0.25, 0.3) is 0 Å². The zero-order chi connectivity index (χ0) is 31.9. The van der Waals surface area contributed by atoms with Gasteiger partial charge in [0.15, 0.2) is 5.78 Å². The molecule has 46 heavy (non-hydrogen) atoms. The van der Waals surface area contributed by atoms with E-state index < -0.39 is 12.0 Å². The fourth-order valence-electron chi connectivity index (χ4n) is 5.63. The number of hydrogen-bond donors (Lipinski definition) is 1. The summed E-state index contributed by atoms with van der Waals surface area (Å²) in [5.74, 6) is 0.325. The molecule has 1 aliphatic carbocycles. The summed E-state index contributed by atoms with van der Waals surface area (Å²) in [6.45, 7) is 0.764. The highest BCUT2D eigenvalue weighted by Crippen LogP contribution is 2.35. The molecule has 7 heteroatoms. The van der Waals surface area contributed by atoms with Crippen LogP contribution in [-0.2, 0) is 20.7 Å². The second-order valence-corrected chi connectivity index (χ2v) is 11.4. The van der Waals surface area contributed by atoms with E-state index >= 15 is 0 Å². The molecule has 0 aliphatic heterocycles. The Morgan fingerprint density at radius 1 is 0.804 bits per heavy atom. The van der Waals surface area contributed by atoms with Gasteiger partial charge >= 0.3 is 5.97 Å². The van der Waals surface area contributed by atoms with Gasteiger partial charge in [-0.1, -0.05) is 91.0 Å². The Bertz CT molecular complexity index is 1830.